The predicted octanol–water partition coefficient (Wildman–Crippen LogP) is 1.26. The van der Waals surface area contributed by atoms with Gasteiger partial charge in [0, 0.05) is 12.6 Å². The average molecular weight is 208 g/mol. The zero-order valence-electron chi connectivity index (χ0n) is 8.77. The third-order valence-electron chi connectivity index (χ3n) is 1.93. The summed E-state index contributed by atoms with van der Waals surface area (Å²) in [6.07, 6.45) is -0.434. The van der Waals surface area contributed by atoms with Crippen molar-refractivity contribution in [1.82, 2.24) is 5.32 Å². The summed E-state index contributed by atoms with van der Waals surface area (Å²) < 4.78 is 4.99. The second-order valence-electron chi connectivity index (χ2n) is 3.34. The highest BCUT2D eigenvalue weighted by molar-refractivity contribution is 5.67. The number of benzene rings is 1. The minimum atomic E-state index is -0.434. The number of carbonyl (C=O) groups is 1. The van der Waals surface area contributed by atoms with Crippen LogP contribution in [0.1, 0.15) is 12.5 Å². The second-order valence-corrected chi connectivity index (χ2v) is 3.34. The minimum absolute atomic E-state index is 0.0618. The smallest absolute Gasteiger partial charge is 0.407 e. The lowest BCUT2D eigenvalue weighted by molar-refractivity contribution is 0.136. The maximum absolute atomic E-state index is 11.2. The van der Waals surface area contributed by atoms with Gasteiger partial charge in [0.05, 0.1) is 0 Å². The van der Waals surface area contributed by atoms with Gasteiger partial charge in [0.1, 0.15) is 6.61 Å². The van der Waals surface area contributed by atoms with E-state index in [1.54, 1.807) is 0 Å². The Morgan fingerprint density at radius 1 is 1.47 bits per heavy atom. The molecule has 0 saturated carbocycles. The molecule has 0 aromatic heterocycles. The molecule has 1 atom stereocenters. The van der Waals surface area contributed by atoms with Crippen molar-refractivity contribution in [2.75, 3.05) is 6.54 Å². The van der Waals surface area contributed by atoms with Crippen LogP contribution in [0.3, 0.4) is 0 Å². The van der Waals surface area contributed by atoms with Crippen molar-refractivity contribution in [3.63, 3.8) is 0 Å². The summed E-state index contributed by atoms with van der Waals surface area (Å²) in [6.45, 7) is 2.51. The van der Waals surface area contributed by atoms with Crippen LogP contribution in [0.15, 0.2) is 30.3 Å². The van der Waals surface area contributed by atoms with Gasteiger partial charge in [-0.15, -0.1) is 0 Å². The Kier molecular flexibility index (Phi) is 4.63. The number of carbonyl (C=O) groups excluding carboxylic acids is 1. The fraction of sp³-hybridized carbons (Fsp3) is 0.364. The van der Waals surface area contributed by atoms with Crippen LogP contribution < -0.4 is 11.1 Å². The predicted molar refractivity (Wildman–Crippen MR) is 58.3 cm³/mol. The van der Waals surface area contributed by atoms with Crippen molar-refractivity contribution in [1.29, 1.82) is 0 Å². The Hall–Kier alpha value is -1.55. The van der Waals surface area contributed by atoms with Gasteiger partial charge in [-0.3, -0.25) is 0 Å². The van der Waals surface area contributed by atoms with E-state index >= 15 is 0 Å². The van der Waals surface area contributed by atoms with Crippen molar-refractivity contribution in [3.8, 4) is 0 Å². The number of alkyl carbamates (subject to hydrolysis) is 1. The summed E-state index contributed by atoms with van der Waals surface area (Å²) in [5.74, 6) is 0. The van der Waals surface area contributed by atoms with Gasteiger partial charge in [0.2, 0.25) is 0 Å². The van der Waals surface area contributed by atoms with Gasteiger partial charge in [0.15, 0.2) is 0 Å². The molecule has 4 heteroatoms. The van der Waals surface area contributed by atoms with Crippen LogP contribution in [-0.4, -0.2) is 18.7 Å². The van der Waals surface area contributed by atoms with Crippen molar-refractivity contribution in [2.24, 2.45) is 5.73 Å². The van der Waals surface area contributed by atoms with Crippen molar-refractivity contribution < 1.29 is 9.53 Å². The standard InChI is InChI=1S/C11H16N2O2/c1-9(7-12)13-11(14)15-8-10-5-3-2-4-6-10/h2-6,9H,7-8,12H2,1H3,(H,13,14). The largest absolute Gasteiger partial charge is 0.445 e. The van der Waals surface area contributed by atoms with Gasteiger partial charge in [0.25, 0.3) is 0 Å². The molecule has 1 rings (SSSR count). The van der Waals surface area contributed by atoms with Gasteiger partial charge in [-0.25, -0.2) is 4.79 Å². The topological polar surface area (TPSA) is 64.3 Å². The third-order valence-corrected chi connectivity index (χ3v) is 1.93. The molecule has 0 aliphatic heterocycles. The lowest BCUT2D eigenvalue weighted by Gasteiger charge is -2.11. The first kappa shape index (κ1) is 11.5. The van der Waals surface area contributed by atoms with Crippen LogP contribution >= 0.6 is 0 Å². The Morgan fingerprint density at radius 2 is 2.13 bits per heavy atom. The number of amides is 1. The molecule has 1 aromatic rings. The normalized spacial score (nSPS) is 11.9. The van der Waals surface area contributed by atoms with E-state index in [1.807, 2.05) is 37.3 Å². The zero-order valence-corrected chi connectivity index (χ0v) is 8.77. The molecular weight excluding hydrogens is 192 g/mol. The Morgan fingerprint density at radius 3 is 2.73 bits per heavy atom. The highest BCUT2D eigenvalue weighted by atomic mass is 16.5. The van der Waals surface area contributed by atoms with E-state index in [0.29, 0.717) is 6.54 Å². The molecule has 0 aliphatic carbocycles. The molecule has 0 bridgehead atoms. The minimum Gasteiger partial charge on any atom is -0.445 e. The summed E-state index contributed by atoms with van der Waals surface area (Å²) in [7, 11) is 0. The van der Waals surface area contributed by atoms with E-state index < -0.39 is 6.09 Å². The summed E-state index contributed by atoms with van der Waals surface area (Å²) in [5.41, 5.74) is 6.32. The molecular formula is C11H16N2O2. The molecule has 82 valence electrons. The monoisotopic (exact) mass is 208 g/mol. The molecule has 0 spiro atoms. The number of nitrogens with one attached hydrogen (secondary N) is 1. The molecule has 3 N–H and O–H groups in total. The van der Waals surface area contributed by atoms with Crippen molar-refractivity contribution in [3.05, 3.63) is 35.9 Å². The molecule has 1 amide bonds. The molecule has 0 saturated heterocycles. The number of ether oxygens (including phenoxy) is 1. The van der Waals surface area contributed by atoms with Gasteiger partial charge in [-0.1, -0.05) is 30.3 Å². The summed E-state index contributed by atoms with van der Waals surface area (Å²) in [4.78, 5) is 11.2. The molecule has 0 fully saturated rings. The Labute approximate surface area is 89.4 Å². The number of rotatable bonds is 4. The summed E-state index contributed by atoms with van der Waals surface area (Å²) in [6, 6.07) is 9.46. The first-order chi connectivity index (χ1) is 7.22. The highest BCUT2D eigenvalue weighted by Gasteiger charge is 2.05. The Balaban J connectivity index is 2.29. The van der Waals surface area contributed by atoms with Gasteiger partial charge >= 0.3 is 6.09 Å². The van der Waals surface area contributed by atoms with Crippen LogP contribution in [-0.2, 0) is 11.3 Å². The fourth-order valence-corrected chi connectivity index (χ4v) is 1.02. The van der Waals surface area contributed by atoms with Gasteiger partial charge in [-0.2, -0.15) is 0 Å². The number of hydrogen-bond donors (Lipinski definition) is 2. The number of hydrogen-bond acceptors (Lipinski definition) is 3. The molecule has 0 radical (unpaired) electrons. The van der Waals surface area contributed by atoms with Gasteiger partial charge in [-0.05, 0) is 12.5 Å². The van der Waals surface area contributed by atoms with Crippen LogP contribution in [0.25, 0.3) is 0 Å². The van der Waals surface area contributed by atoms with Crippen LogP contribution in [0, 0.1) is 0 Å². The van der Waals surface area contributed by atoms with E-state index in [9.17, 15) is 4.79 Å². The lowest BCUT2D eigenvalue weighted by atomic mass is 10.2. The van der Waals surface area contributed by atoms with Crippen molar-refractivity contribution in [2.45, 2.75) is 19.6 Å². The lowest BCUT2D eigenvalue weighted by Crippen LogP contribution is -2.38. The zero-order chi connectivity index (χ0) is 11.1. The second kappa shape index (κ2) is 6.03. The van der Waals surface area contributed by atoms with E-state index in [4.69, 9.17) is 10.5 Å². The average Bonchev–Trinajstić information content (AvgIpc) is 2.27. The molecule has 1 aromatic carbocycles. The van der Waals surface area contributed by atoms with Crippen LogP contribution in [0.4, 0.5) is 4.79 Å². The SMILES string of the molecule is CC(CN)NC(=O)OCc1ccccc1. The number of nitrogens with two attached hydrogens (primary N) is 1. The first-order valence-electron chi connectivity index (χ1n) is 4.89. The fourth-order valence-electron chi connectivity index (χ4n) is 1.02. The molecule has 0 aliphatic rings. The molecule has 4 nitrogen and oxygen atoms in total. The first-order valence-corrected chi connectivity index (χ1v) is 4.89. The quantitative estimate of drug-likeness (QED) is 0.783. The van der Waals surface area contributed by atoms with E-state index in [0.717, 1.165) is 5.56 Å². The van der Waals surface area contributed by atoms with Crippen LogP contribution in [0.5, 0.6) is 0 Å². The summed E-state index contributed by atoms with van der Waals surface area (Å²) >= 11 is 0. The van der Waals surface area contributed by atoms with Gasteiger partial charge < -0.3 is 15.8 Å². The third kappa shape index (κ3) is 4.46. The van der Waals surface area contributed by atoms with Crippen LogP contribution in [0.2, 0.25) is 0 Å². The Bertz CT molecular complexity index is 301. The van der Waals surface area contributed by atoms with E-state index in [2.05, 4.69) is 5.32 Å². The molecule has 15 heavy (non-hydrogen) atoms. The molecule has 0 heterocycles. The highest BCUT2D eigenvalue weighted by Crippen LogP contribution is 2.00. The van der Waals surface area contributed by atoms with Crippen molar-refractivity contribution >= 4 is 6.09 Å². The van der Waals surface area contributed by atoms with E-state index in [-0.39, 0.29) is 12.6 Å². The maximum Gasteiger partial charge on any atom is 0.407 e. The van der Waals surface area contributed by atoms with E-state index in [1.165, 1.54) is 0 Å². The summed E-state index contributed by atoms with van der Waals surface area (Å²) in [5, 5.41) is 2.61. The molecule has 1 unspecified atom stereocenters. The maximum atomic E-state index is 11.2.